The normalized spacial score (nSPS) is 19.2. The zero-order valence-electron chi connectivity index (χ0n) is 16.6. The van der Waals surface area contributed by atoms with E-state index in [1.807, 2.05) is 30.3 Å². The number of hydrogen-bond donors (Lipinski definition) is 1. The molecule has 0 aromatic heterocycles. The summed E-state index contributed by atoms with van der Waals surface area (Å²) in [6, 6.07) is 16.3. The van der Waals surface area contributed by atoms with Crippen LogP contribution in [0.3, 0.4) is 0 Å². The first-order chi connectivity index (χ1) is 14.4. The van der Waals surface area contributed by atoms with Gasteiger partial charge >= 0.3 is 12.1 Å². The first-order valence-corrected chi connectivity index (χ1v) is 11.0. The number of nitrogens with one attached hydrogen (secondary N) is 1. The van der Waals surface area contributed by atoms with E-state index in [2.05, 4.69) is 5.32 Å². The van der Waals surface area contributed by atoms with Crippen molar-refractivity contribution < 1.29 is 27.5 Å². The van der Waals surface area contributed by atoms with Crippen LogP contribution in [-0.4, -0.2) is 50.5 Å². The van der Waals surface area contributed by atoms with Crippen LogP contribution in [0.4, 0.5) is 4.79 Å². The predicted molar refractivity (Wildman–Crippen MR) is 109 cm³/mol. The highest BCUT2D eigenvalue weighted by Gasteiger charge is 2.44. The number of nitrogens with zero attached hydrogens (tertiary/aromatic N) is 1. The third-order valence-electron chi connectivity index (χ3n) is 4.77. The molecule has 160 valence electrons. The SMILES string of the molecule is CCOC(=O)[C@@H]1CN(S(=O)(=O)c2ccccc2)C[C@H]1NC(=O)OCc1ccccc1. The van der Waals surface area contributed by atoms with Crippen LogP contribution >= 0.6 is 0 Å². The second-order valence-electron chi connectivity index (χ2n) is 6.81. The van der Waals surface area contributed by atoms with Gasteiger partial charge in [0.1, 0.15) is 6.61 Å². The zero-order chi connectivity index (χ0) is 21.6. The fourth-order valence-corrected chi connectivity index (χ4v) is 4.77. The van der Waals surface area contributed by atoms with Crippen LogP contribution in [0.2, 0.25) is 0 Å². The molecule has 1 heterocycles. The molecule has 1 aliphatic rings. The van der Waals surface area contributed by atoms with Gasteiger partial charge in [0.2, 0.25) is 10.0 Å². The number of carbonyl (C=O) groups is 2. The summed E-state index contributed by atoms with van der Waals surface area (Å²) in [5.74, 6) is -1.38. The number of carbonyl (C=O) groups excluding carboxylic acids is 2. The quantitative estimate of drug-likeness (QED) is 0.673. The number of ether oxygens (including phenoxy) is 2. The lowest BCUT2D eigenvalue weighted by atomic mass is 10.0. The summed E-state index contributed by atoms with van der Waals surface area (Å²) in [7, 11) is -3.81. The van der Waals surface area contributed by atoms with Crippen LogP contribution < -0.4 is 5.32 Å². The standard InChI is InChI=1S/C21H24N2O6S/c1-2-28-20(24)18-13-23(30(26,27)17-11-7-4-8-12-17)14-19(18)22-21(25)29-15-16-9-5-3-6-10-16/h3-12,18-19H,2,13-15H2,1H3,(H,22,25)/t18-,19-/m1/s1. The van der Waals surface area contributed by atoms with Crippen molar-refractivity contribution in [2.45, 2.75) is 24.5 Å². The topological polar surface area (TPSA) is 102 Å². The molecule has 30 heavy (non-hydrogen) atoms. The third kappa shape index (κ3) is 5.17. The highest BCUT2D eigenvalue weighted by atomic mass is 32.2. The van der Waals surface area contributed by atoms with Gasteiger partial charge in [-0.15, -0.1) is 0 Å². The minimum Gasteiger partial charge on any atom is -0.466 e. The van der Waals surface area contributed by atoms with E-state index in [-0.39, 0.29) is 31.2 Å². The van der Waals surface area contributed by atoms with Gasteiger partial charge in [-0.3, -0.25) is 4.79 Å². The van der Waals surface area contributed by atoms with Gasteiger partial charge in [-0.2, -0.15) is 4.31 Å². The van der Waals surface area contributed by atoms with E-state index in [1.54, 1.807) is 25.1 Å². The van der Waals surface area contributed by atoms with E-state index in [9.17, 15) is 18.0 Å². The average molecular weight is 432 g/mol. The second-order valence-corrected chi connectivity index (χ2v) is 8.74. The number of alkyl carbamates (subject to hydrolysis) is 1. The molecule has 1 saturated heterocycles. The van der Waals surface area contributed by atoms with Crippen LogP contribution in [0, 0.1) is 5.92 Å². The van der Waals surface area contributed by atoms with E-state index >= 15 is 0 Å². The molecule has 1 amide bonds. The van der Waals surface area contributed by atoms with Crippen molar-refractivity contribution in [1.29, 1.82) is 0 Å². The Balaban J connectivity index is 1.70. The minimum atomic E-state index is -3.81. The molecule has 0 saturated carbocycles. The lowest BCUT2D eigenvalue weighted by molar-refractivity contribution is -0.147. The van der Waals surface area contributed by atoms with Crippen LogP contribution in [0.25, 0.3) is 0 Å². The molecular formula is C21H24N2O6S. The van der Waals surface area contributed by atoms with Crippen LogP contribution in [0.5, 0.6) is 0 Å². The molecule has 0 radical (unpaired) electrons. The Morgan fingerprint density at radius 1 is 1.00 bits per heavy atom. The van der Waals surface area contributed by atoms with E-state index < -0.39 is 34.0 Å². The molecule has 0 unspecified atom stereocenters. The van der Waals surface area contributed by atoms with Gasteiger partial charge in [-0.05, 0) is 24.6 Å². The Bertz CT molecular complexity index is 966. The van der Waals surface area contributed by atoms with Gasteiger partial charge in [-0.25, -0.2) is 13.2 Å². The Kier molecular flexibility index (Phi) is 7.07. The summed E-state index contributed by atoms with van der Waals surface area (Å²) < 4.78 is 37.3. The molecule has 0 aliphatic carbocycles. The number of amides is 1. The lowest BCUT2D eigenvalue weighted by Crippen LogP contribution is -2.43. The monoisotopic (exact) mass is 432 g/mol. The van der Waals surface area contributed by atoms with E-state index in [4.69, 9.17) is 9.47 Å². The number of sulfonamides is 1. The fourth-order valence-electron chi connectivity index (χ4n) is 3.26. The fraction of sp³-hybridized carbons (Fsp3) is 0.333. The number of hydrogen-bond acceptors (Lipinski definition) is 6. The molecule has 0 bridgehead atoms. The molecule has 1 fully saturated rings. The maximum atomic E-state index is 12.9. The van der Waals surface area contributed by atoms with Gasteiger partial charge in [0, 0.05) is 13.1 Å². The van der Waals surface area contributed by atoms with Crippen molar-refractivity contribution >= 4 is 22.1 Å². The molecular weight excluding hydrogens is 408 g/mol. The zero-order valence-corrected chi connectivity index (χ0v) is 17.4. The smallest absolute Gasteiger partial charge is 0.407 e. The van der Waals surface area contributed by atoms with Crippen molar-refractivity contribution in [1.82, 2.24) is 9.62 Å². The third-order valence-corrected chi connectivity index (χ3v) is 6.62. The molecule has 2 atom stereocenters. The Labute approximate surface area is 175 Å². The number of benzene rings is 2. The van der Waals surface area contributed by atoms with E-state index in [0.717, 1.165) is 5.56 Å². The first-order valence-electron chi connectivity index (χ1n) is 9.61. The van der Waals surface area contributed by atoms with E-state index in [0.29, 0.717) is 0 Å². The summed E-state index contributed by atoms with van der Waals surface area (Å²) in [5, 5.41) is 2.62. The second kappa shape index (κ2) is 9.73. The van der Waals surface area contributed by atoms with Gasteiger partial charge in [0.15, 0.2) is 0 Å². The van der Waals surface area contributed by atoms with Gasteiger partial charge < -0.3 is 14.8 Å². The van der Waals surface area contributed by atoms with E-state index in [1.165, 1.54) is 16.4 Å². The van der Waals surface area contributed by atoms with Crippen molar-refractivity contribution in [2.24, 2.45) is 5.92 Å². The maximum absolute atomic E-state index is 12.9. The molecule has 1 N–H and O–H groups in total. The van der Waals surface area contributed by atoms with Gasteiger partial charge in [0.25, 0.3) is 0 Å². The summed E-state index contributed by atoms with van der Waals surface area (Å²) in [6.07, 6.45) is -0.725. The number of esters is 1. The summed E-state index contributed by atoms with van der Waals surface area (Å²) in [5.41, 5.74) is 0.814. The summed E-state index contributed by atoms with van der Waals surface area (Å²) in [6.45, 7) is 1.75. The average Bonchev–Trinajstić information content (AvgIpc) is 3.18. The lowest BCUT2D eigenvalue weighted by Gasteiger charge is -2.18. The molecule has 8 nitrogen and oxygen atoms in total. The summed E-state index contributed by atoms with van der Waals surface area (Å²) in [4.78, 5) is 24.8. The van der Waals surface area contributed by atoms with Crippen molar-refractivity contribution in [3.63, 3.8) is 0 Å². The molecule has 1 aliphatic heterocycles. The van der Waals surface area contributed by atoms with Crippen LogP contribution in [-0.2, 0) is 30.9 Å². The van der Waals surface area contributed by atoms with Crippen LogP contribution in [0.15, 0.2) is 65.6 Å². The molecule has 3 rings (SSSR count). The Morgan fingerprint density at radius 2 is 1.63 bits per heavy atom. The molecule has 2 aromatic rings. The number of rotatable bonds is 7. The highest BCUT2D eigenvalue weighted by Crippen LogP contribution is 2.26. The molecule has 2 aromatic carbocycles. The maximum Gasteiger partial charge on any atom is 0.407 e. The summed E-state index contributed by atoms with van der Waals surface area (Å²) >= 11 is 0. The van der Waals surface area contributed by atoms with Crippen LogP contribution in [0.1, 0.15) is 12.5 Å². The van der Waals surface area contributed by atoms with Crippen molar-refractivity contribution in [2.75, 3.05) is 19.7 Å². The van der Waals surface area contributed by atoms with Crippen molar-refractivity contribution in [3.05, 3.63) is 66.2 Å². The first kappa shape index (κ1) is 21.8. The minimum absolute atomic E-state index is 0.0544. The molecule has 0 spiro atoms. The van der Waals surface area contributed by atoms with Gasteiger partial charge in [0.05, 0.1) is 23.5 Å². The van der Waals surface area contributed by atoms with Crippen molar-refractivity contribution in [3.8, 4) is 0 Å². The Morgan fingerprint density at radius 3 is 2.27 bits per heavy atom. The predicted octanol–water partition coefficient (Wildman–Crippen LogP) is 2.17. The largest absolute Gasteiger partial charge is 0.466 e. The molecule has 9 heteroatoms. The Hall–Kier alpha value is -2.91. The highest BCUT2D eigenvalue weighted by molar-refractivity contribution is 7.89. The van der Waals surface area contributed by atoms with Gasteiger partial charge in [-0.1, -0.05) is 48.5 Å².